The molecule has 1 aromatic heterocycles. The summed E-state index contributed by atoms with van der Waals surface area (Å²) in [6.45, 7) is 3.11. The highest BCUT2D eigenvalue weighted by molar-refractivity contribution is 7.16. The highest BCUT2D eigenvalue weighted by Gasteiger charge is 2.27. The number of fused-ring (bicyclic) bond motifs is 1. The van der Waals surface area contributed by atoms with E-state index in [9.17, 15) is 4.79 Å². The van der Waals surface area contributed by atoms with E-state index in [-0.39, 0.29) is 5.91 Å². The maximum atomic E-state index is 12.6. The van der Waals surface area contributed by atoms with Crippen LogP contribution in [0.2, 0.25) is 0 Å². The minimum Gasteiger partial charge on any atom is -0.389 e. The molecule has 2 heterocycles. The zero-order valence-corrected chi connectivity index (χ0v) is 12.5. The van der Waals surface area contributed by atoms with Gasteiger partial charge in [-0.25, -0.2) is 0 Å². The van der Waals surface area contributed by atoms with Crippen molar-refractivity contribution in [2.45, 2.75) is 19.9 Å². The fraction of sp³-hybridized carbons (Fsp3) is 0.250. The third-order valence-electron chi connectivity index (χ3n) is 3.86. The lowest BCUT2D eigenvalue weighted by atomic mass is 10.0. The van der Waals surface area contributed by atoms with Crippen LogP contribution in [-0.4, -0.2) is 17.4 Å². The van der Waals surface area contributed by atoms with Crippen LogP contribution in [-0.2, 0) is 13.0 Å². The topological polar surface area (TPSA) is 70.1 Å². The number of benzene rings is 1. The molecule has 0 spiro atoms. The molecular weight excluding hydrogens is 282 g/mol. The first-order chi connectivity index (χ1) is 10.1. The predicted octanol–water partition coefficient (Wildman–Crippen LogP) is 2.71. The molecule has 1 aliphatic heterocycles. The molecule has 0 radical (unpaired) electrons. The quantitative estimate of drug-likeness (QED) is 0.879. The van der Waals surface area contributed by atoms with E-state index in [0.717, 1.165) is 21.6 Å². The first-order valence-corrected chi connectivity index (χ1v) is 7.58. The SMILES string of the molecule is Cc1ccccc1C(=O)N1CCc2c(sc(N)c2C#N)C1. The molecule has 2 N–H and O–H groups in total. The van der Waals surface area contributed by atoms with E-state index >= 15 is 0 Å². The summed E-state index contributed by atoms with van der Waals surface area (Å²) in [5, 5.41) is 9.71. The van der Waals surface area contributed by atoms with Gasteiger partial charge in [-0.1, -0.05) is 18.2 Å². The Hall–Kier alpha value is -2.32. The third kappa shape index (κ3) is 2.28. The first kappa shape index (κ1) is 13.7. The van der Waals surface area contributed by atoms with Crippen LogP contribution >= 0.6 is 11.3 Å². The van der Waals surface area contributed by atoms with E-state index in [2.05, 4.69) is 6.07 Å². The first-order valence-electron chi connectivity index (χ1n) is 6.77. The predicted molar refractivity (Wildman–Crippen MR) is 83.1 cm³/mol. The maximum Gasteiger partial charge on any atom is 0.254 e. The molecular formula is C16H15N3OS. The van der Waals surface area contributed by atoms with E-state index in [4.69, 9.17) is 11.0 Å². The van der Waals surface area contributed by atoms with Gasteiger partial charge in [0.25, 0.3) is 5.91 Å². The zero-order valence-electron chi connectivity index (χ0n) is 11.7. The minimum atomic E-state index is 0.0456. The molecule has 4 nitrogen and oxygen atoms in total. The number of amides is 1. The molecule has 1 amide bonds. The number of hydrogen-bond acceptors (Lipinski definition) is 4. The second-order valence-electron chi connectivity index (χ2n) is 5.15. The molecule has 0 atom stereocenters. The van der Waals surface area contributed by atoms with Gasteiger partial charge < -0.3 is 10.6 Å². The lowest BCUT2D eigenvalue weighted by Gasteiger charge is -2.27. The lowest BCUT2D eigenvalue weighted by Crippen LogP contribution is -2.35. The second-order valence-corrected chi connectivity index (χ2v) is 6.28. The summed E-state index contributed by atoms with van der Waals surface area (Å²) < 4.78 is 0. The maximum absolute atomic E-state index is 12.6. The summed E-state index contributed by atoms with van der Waals surface area (Å²) in [7, 11) is 0. The molecule has 21 heavy (non-hydrogen) atoms. The number of carbonyl (C=O) groups is 1. The smallest absolute Gasteiger partial charge is 0.254 e. The van der Waals surface area contributed by atoms with Crippen LogP contribution in [0.3, 0.4) is 0 Å². The normalized spacial score (nSPS) is 13.6. The number of nitriles is 1. The van der Waals surface area contributed by atoms with E-state index in [1.165, 1.54) is 11.3 Å². The molecule has 3 rings (SSSR count). The molecule has 0 unspecified atom stereocenters. The van der Waals surface area contributed by atoms with Crippen LogP contribution in [0.5, 0.6) is 0 Å². The fourth-order valence-electron chi connectivity index (χ4n) is 2.70. The van der Waals surface area contributed by atoms with E-state index in [0.29, 0.717) is 30.1 Å². The van der Waals surface area contributed by atoms with E-state index in [1.807, 2.05) is 36.1 Å². The van der Waals surface area contributed by atoms with Crippen molar-refractivity contribution in [1.29, 1.82) is 5.26 Å². The number of aryl methyl sites for hydroxylation is 1. The van der Waals surface area contributed by atoms with Crippen molar-refractivity contribution in [1.82, 2.24) is 4.90 Å². The Balaban J connectivity index is 1.89. The van der Waals surface area contributed by atoms with Crippen LogP contribution in [0.4, 0.5) is 5.00 Å². The molecule has 1 aromatic carbocycles. The Bertz CT molecular complexity index is 757. The molecule has 106 valence electrons. The Kier molecular flexibility index (Phi) is 3.40. The van der Waals surface area contributed by atoms with Crippen molar-refractivity contribution in [2.75, 3.05) is 12.3 Å². The number of hydrogen-bond donors (Lipinski definition) is 1. The molecule has 1 aliphatic rings. The van der Waals surface area contributed by atoms with Gasteiger partial charge in [0.15, 0.2) is 0 Å². The van der Waals surface area contributed by atoms with Gasteiger partial charge in [0.2, 0.25) is 0 Å². The van der Waals surface area contributed by atoms with Gasteiger partial charge >= 0.3 is 0 Å². The number of anilines is 1. The minimum absolute atomic E-state index is 0.0456. The summed E-state index contributed by atoms with van der Waals surface area (Å²) in [6.07, 6.45) is 0.698. The number of carbonyl (C=O) groups excluding carboxylic acids is 1. The highest BCUT2D eigenvalue weighted by Crippen LogP contribution is 2.34. The average Bonchev–Trinajstić information content (AvgIpc) is 2.81. The average molecular weight is 297 g/mol. The second kappa shape index (κ2) is 5.23. The van der Waals surface area contributed by atoms with Gasteiger partial charge in [-0.15, -0.1) is 11.3 Å². The molecule has 0 aliphatic carbocycles. The van der Waals surface area contributed by atoms with Crippen LogP contribution in [0.25, 0.3) is 0 Å². The van der Waals surface area contributed by atoms with E-state index < -0.39 is 0 Å². The molecule has 2 aromatic rings. The number of nitrogens with two attached hydrogens (primary N) is 1. The van der Waals surface area contributed by atoms with Gasteiger partial charge in [-0.2, -0.15) is 5.26 Å². The third-order valence-corrected chi connectivity index (χ3v) is 4.90. The fourth-order valence-corrected chi connectivity index (χ4v) is 3.79. The summed E-state index contributed by atoms with van der Waals surface area (Å²) in [4.78, 5) is 15.5. The standard InChI is InChI=1S/C16H15N3OS/c1-10-4-2-3-5-11(10)16(20)19-7-6-12-13(8-17)15(18)21-14(12)9-19/h2-5H,6-7,9,18H2,1H3. The van der Waals surface area contributed by atoms with Gasteiger partial charge in [0, 0.05) is 17.0 Å². The monoisotopic (exact) mass is 297 g/mol. The Morgan fingerprint density at radius 2 is 2.19 bits per heavy atom. The number of thiophene rings is 1. The van der Waals surface area contributed by atoms with Crippen LogP contribution in [0.1, 0.15) is 31.9 Å². The summed E-state index contributed by atoms with van der Waals surface area (Å²) in [6, 6.07) is 9.78. The molecule has 0 saturated heterocycles. The number of nitrogens with zero attached hydrogens (tertiary/aromatic N) is 2. The van der Waals surface area contributed by atoms with E-state index in [1.54, 1.807) is 0 Å². The van der Waals surface area contributed by atoms with Crippen molar-refractivity contribution in [3.05, 3.63) is 51.4 Å². The van der Waals surface area contributed by atoms with Crippen molar-refractivity contribution in [2.24, 2.45) is 0 Å². The van der Waals surface area contributed by atoms with Gasteiger partial charge in [-0.3, -0.25) is 4.79 Å². The van der Waals surface area contributed by atoms with Crippen molar-refractivity contribution in [3.8, 4) is 6.07 Å². The van der Waals surface area contributed by atoms with Crippen molar-refractivity contribution >= 4 is 22.2 Å². The molecule has 0 fully saturated rings. The molecule has 0 saturated carbocycles. The Morgan fingerprint density at radius 1 is 1.43 bits per heavy atom. The lowest BCUT2D eigenvalue weighted by molar-refractivity contribution is 0.0736. The van der Waals surface area contributed by atoms with Crippen LogP contribution in [0.15, 0.2) is 24.3 Å². The largest absolute Gasteiger partial charge is 0.389 e. The number of rotatable bonds is 1. The van der Waals surface area contributed by atoms with Crippen LogP contribution in [0, 0.1) is 18.3 Å². The summed E-state index contributed by atoms with van der Waals surface area (Å²) >= 11 is 1.42. The summed E-state index contributed by atoms with van der Waals surface area (Å²) in [5.74, 6) is 0.0456. The van der Waals surface area contributed by atoms with Gasteiger partial charge in [0.1, 0.15) is 11.1 Å². The van der Waals surface area contributed by atoms with Gasteiger partial charge in [0.05, 0.1) is 12.1 Å². The molecule has 5 heteroatoms. The Labute approximate surface area is 127 Å². The van der Waals surface area contributed by atoms with Crippen LogP contribution < -0.4 is 5.73 Å². The van der Waals surface area contributed by atoms with Gasteiger partial charge in [-0.05, 0) is 30.5 Å². The number of nitrogen functional groups attached to an aromatic ring is 1. The highest BCUT2D eigenvalue weighted by atomic mass is 32.1. The summed E-state index contributed by atoms with van der Waals surface area (Å²) in [5.41, 5.74) is 9.22. The zero-order chi connectivity index (χ0) is 15.0. The van der Waals surface area contributed by atoms with Crippen molar-refractivity contribution < 1.29 is 4.79 Å². The molecule has 0 bridgehead atoms. The Morgan fingerprint density at radius 3 is 2.90 bits per heavy atom. The van der Waals surface area contributed by atoms with Crippen molar-refractivity contribution in [3.63, 3.8) is 0 Å².